The second-order valence-corrected chi connectivity index (χ2v) is 11.5. The fraction of sp³-hybridized carbons (Fsp3) is 0.516. The van der Waals surface area contributed by atoms with Crippen LogP contribution in [0.5, 0.6) is 0 Å². The van der Waals surface area contributed by atoms with Gasteiger partial charge in [0.15, 0.2) is 0 Å². The highest BCUT2D eigenvalue weighted by Crippen LogP contribution is 2.28. The summed E-state index contributed by atoms with van der Waals surface area (Å²) in [5.74, 6) is -0.503. The van der Waals surface area contributed by atoms with E-state index in [1.807, 2.05) is 84.9 Å². The number of carbonyl (C=O) groups is 3. The maximum atomic E-state index is 14.1. The van der Waals surface area contributed by atoms with Gasteiger partial charge in [0.2, 0.25) is 5.91 Å². The topological polar surface area (TPSA) is 87.7 Å². The summed E-state index contributed by atoms with van der Waals surface area (Å²) in [6.07, 6.45) is -0.248. The van der Waals surface area contributed by atoms with Crippen LogP contribution in [0.15, 0.2) is 36.4 Å². The van der Waals surface area contributed by atoms with Gasteiger partial charge in [-0.05, 0) is 84.4 Å². The van der Waals surface area contributed by atoms with E-state index in [9.17, 15) is 14.4 Å². The first-order valence-electron chi connectivity index (χ1n) is 13.4. The predicted molar refractivity (Wildman–Crippen MR) is 153 cm³/mol. The smallest absolute Gasteiger partial charge is 0.408 e. The molecule has 0 radical (unpaired) electrons. The van der Waals surface area contributed by atoms with Crippen LogP contribution >= 0.6 is 0 Å². The van der Waals surface area contributed by atoms with E-state index in [0.29, 0.717) is 6.42 Å². The van der Waals surface area contributed by atoms with Gasteiger partial charge in [-0.25, -0.2) is 4.79 Å². The van der Waals surface area contributed by atoms with Gasteiger partial charge >= 0.3 is 6.09 Å². The van der Waals surface area contributed by atoms with Gasteiger partial charge in [0.05, 0.1) is 0 Å². The summed E-state index contributed by atoms with van der Waals surface area (Å²) in [6.45, 7) is 19.3. The number of rotatable bonds is 9. The predicted octanol–water partition coefficient (Wildman–Crippen LogP) is 6.39. The van der Waals surface area contributed by atoms with Crippen molar-refractivity contribution in [3.63, 3.8) is 0 Å². The van der Waals surface area contributed by atoms with E-state index in [0.717, 1.165) is 33.5 Å². The number of para-hydroxylation sites is 1. The summed E-state index contributed by atoms with van der Waals surface area (Å²) in [7, 11) is 0. The van der Waals surface area contributed by atoms with Crippen LogP contribution in [0.2, 0.25) is 0 Å². The second-order valence-electron chi connectivity index (χ2n) is 11.5. The van der Waals surface area contributed by atoms with E-state index in [-0.39, 0.29) is 24.3 Å². The van der Waals surface area contributed by atoms with E-state index < -0.39 is 23.8 Å². The molecule has 2 aromatic rings. The highest BCUT2D eigenvalue weighted by Gasteiger charge is 2.36. The minimum absolute atomic E-state index is 0.126. The number of hydrogen-bond donors (Lipinski definition) is 2. The number of amides is 3. The highest BCUT2D eigenvalue weighted by molar-refractivity contribution is 6.00. The molecule has 7 nitrogen and oxygen atoms in total. The Kier molecular flexibility index (Phi) is 10.5. The Morgan fingerprint density at radius 1 is 0.947 bits per heavy atom. The van der Waals surface area contributed by atoms with Gasteiger partial charge < -0.3 is 20.3 Å². The van der Waals surface area contributed by atoms with E-state index in [1.54, 1.807) is 25.7 Å². The monoisotopic (exact) mass is 523 g/mol. The molecule has 0 saturated carbocycles. The van der Waals surface area contributed by atoms with Crippen LogP contribution in [-0.4, -0.2) is 41.0 Å². The summed E-state index contributed by atoms with van der Waals surface area (Å²) < 4.78 is 5.44. The lowest BCUT2D eigenvalue weighted by molar-refractivity contribution is -0.140. The number of nitrogens with zero attached hydrogens (tertiary/aromatic N) is 1. The minimum Gasteiger partial charge on any atom is -0.444 e. The molecule has 0 bridgehead atoms. The molecule has 0 aliphatic rings. The van der Waals surface area contributed by atoms with Crippen LogP contribution in [0.25, 0.3) is 0 Å². The first kappa shape index (κ1) is 30.9. The zero-order valence-corrected chi connectivity index (χ0v) is 24.7. The fourth-order valence-corrected chi connectivity index (χ4v) is 4.65. The Morgan fingerprint density at radius 3 is 1.97 bits per heavy atom. The third-order valence-electron chi connectivity index (χ3n) is 6.17. The Hall–Kier alpha value is -3.35. The summed E-state index contributed by atoms with van der Waals surface area (Å²) in [5, 5.41) is 5.86. The maximum Gasteiger partial charge on any atom is 0.408 e. The number of nitrogens with one attached hydrogen (secondary N) is 2. The van der Waals surface area contributed by atoms with Crippen LogP contribution in [0.1, 0.15) is 81.8 Å². The van der Waals surface area contributed by atoms with Crippen molar-refractivity contribution >= 4 is 23.6 Å². The van der Waals surface area contributed by atoms with Crippen molar-refractivity contribution in [2.45, 2.75) is 93.3 Å². The number of carbonyl (C=O) groups excluding carboxylic acids is 3. The number of hydrogen-bond acceptors (Lipinski definition) is 4. The largest absolute Gasteiger partial charge is 0.444 e. The molecule has 2 aromatic carbocycles. The normalized spacial score (nSPS) is 13.0. The zero-order valence-electron chi connectivity index (χ0n) is 24.7. The third kappa shape index (κ3) is 8.61. The van der Waals surface area contributed by atoms with E-state index in [1.165, 1.54) is 0 Å². The molecular weight excluding hydrogens is 478 g/mol. The van der Waals surface area contributed by atoms with Gasteiger partial charge in [-0.2, -0.15) is 0 Å². The van der Waals surface area contributed by atoms with Gasteiger partial charge in [-0.3, -0.25) is 9.59 Å². The molecule has 7 heteroatoms. The molecule has 0 aliphatic carbocycles. The molecular formula is C31H45N3O4. The van der Waals surface area contributed by atoms with Crippen LogP contribution in [0.3, 0.4) is 0 Å². The molecule has 2 atom stereocenters. The summed E-state index contributed by atoms with van der Waals surface area (Å²) in [4.78, 5) is 42.3. The number of anilines is 1. The Balaban J connectivity index is 2.54. The second kappa shape index (κ2) is 12.9. The molecule has 0 fully saturated rings. The quantitative estimate of drug-likeness (QED) is 0.399. The first-order chi connectivity index (χ1) is 17.6. The van der Waals surface area contributed by atoms with Crippen LogP contribution < -0.4 is 10.6 Å². The molecule has 3 amide bonds. The minimum atomic E-state index is -0.889. The number of ether oxygens (including phenoxy) is 1. The van der Waals surface area contributed by atoms with Crippen molar-refractivity contribution < 1.29 is 19.1 Å². The standard InChI is InChI=1S/C31H45N3O4/c1-11-34(29(36)25(15-19(2)3)32-30(37)38-31(8,9)10)27(24-17-20(4)16-21(5)18-24)28(35)33-26-22(6)13-12-14-23(26)7/h12-14,16-19,25,27H,11,15H2,1-10H3,(H,32,37)(H,33,35). The Morgan fingerprint density at radius 2 is 1.50 bits per heavy atom. The van der Waals surface area contributed by atoms with Crippen LogP contribution in [0, 0.1) is 33.6 Å². The molecule has 0 saturated heterocycles. The first-order valence-corrected chi connectivity index (χ1v) is 13.4. The van der Waals surface area contributed by atoms with Crippen molar-refractivity contribution in [3.8, 4) is 0 Å². The molecule has 0 spiro atoms. The van der Waals surface area contributed by atoms with Gasteiger partial charge in [0.25, 0.3) is 5.91 Å². The van der Waals surface area contributed by atoms with Crippen molar-refractivity contribution in [1.29, 1.82) is 0 Å². The zero-order chi connectivity index (χ0) is 28.8. The SMILES string of the molecule is CCN(C(=O)C(CC(C)C)NC(=O)OC(C)(C)C)C(C(=O)Nc1c(C)cccc1C)c1cc(C)cc(C)c1. The number of benzene rings is 2. The molecule has 0 heterocycles. The van der Waals surface area contributed by atoms with Crippen LogP contribution in [0.4, 0.5) is 10.5 Å². The van der Waals surface area contributed by atoms with E-state index in [2.05, 4.69) is 10.6 Å². The lowest BCUT2D eigenvalue weighted by Crippen LogP contribution is -2.52. The Bertz CT molecular complexity index is 1110. The lowest BCUT2D eigenvalue weighted by Gasteiger charge is -2.34. The number of likely N-dealkylation sites (N-methyl/N-ethyl adjacent to an activating group) is 1. The van der Waals surface area contributed by atoms with Gasteiger partial charge in [-0.1, -0.05) is 61.4 Å². The molecule has 38 heavy (non-hydrogen) atoms. The average molecular weight is 524 g/mol. The van der Waals surface area contributed by atoms with E-state index >= 15 is 0 Å². The maximum absolute atomic E-state index is 14.1. The third-order valence-corrected chi connectivity index (χ3v) is 6.17. The Labute approximate surface area is 228 Å². The highest BCUT2D eigenvalue weighted by atomic mass is 16.6. The number of alkyl carbamates (subject to hydrolysis) is 1. The molecule has 2 unspecified atom stereocenters. The van der Waals surface area contributed by atoms with Gasteiger partial charge in [0, 0.05) is 12.2 Å². The van der Waals surface area contributed by atoms with Crippen molar-refractivity contribution in [1.82, 2.24) is 10.2 Å². The van der Waals surface area contributed by atoms with Crippen molar-refractivity contribution in [2.75, 3.05) is 11.9 Å². The fourth-order valence-electron chi connectivity index (χ4n) is 4.65. The molecule has 0 aromatic heterocycles. The van der Waals surface area contributed by atoms with Crippen LogP contribution in [-0.2, 0) is 14.3 Å². The molecule has 2 rings (SSSR count). The molecule has 208 valence electrons. The number of aryl methyl sites for hydroxylation is 4. The molecule has 2 N–H and O–H groups in total. The lowest BCUT2D eigenvalue weighted by atomic mass is 9.96. The van der Waals surface area contributed by atoms with E-state index in [4.69, 9.17) is 4.74 Å². The summed E-state index contributed by atoms with van der Waals surface area (Å²) in [5.41, 5.74) is 4.64. The summed E-state index contributed by atoms with van der Waals surface area (Å²) >= 11 is 0. The van der Waals surface area contributed by atoms with Gasteiger partial charge in [0.1, 0.15) is 17.7 Å². The molecule has 0 aliphatic heterocycles. The van der Waals surface area contributed by atoms with Crippen molar-refractivity contribution in [2.24, 2.45) is 5.92 Å². The van der Waals surface area contributed by atoms with Gasteiger partial charge in [-0.15, -0.1) is 0 Å². The average Bonchev–Trinajstić information content (AvgIpc) is 2.76. The van der Waals surface area contributed by atoms with Crippen molar-refractivity contribution in [3.05, 3.63) is 64.2 Å². The summed E-state index contributed by atoms with van der Waals surface area (Å²) in [6, 6.07) is 10.0.